The number of unbranched alkanes of at least 4 members (excludes halogenated alkanes) is 6. The molecule has 0 aromatic carbocycles. The van der Waals surface area contributed by atoms with Crippen molar-refractivity contribution in [1.29, 1.82) is 0 Å². The topological polar surface area (TPSA) is 37.3 Å². The van der Waals surface area contributed by atoms with E-state index in [1.54, 1.807) is 0 Å². The molecule has 1 N–H and O–H groups in total. The summed E-state index contributed by atoms with van der Waals surface area (Å²) >= 11 is 0. The van der Waals surface area contributed by atoms with E-state index >= 15 is 0 Å². The molecule has 0 amide bonds. The first-order valence-corrected chi connectivity index (χ1v) is 6.33. The van der Waals surface area contributed by atoms with Gasteiger partial charge in [0.05, 0.1) is 0 Å². The number of carboxylic acid groups (broad SMARTS) is 1. The van der Waals surface area contributed by atoms with Crippen LogP contribution in [0.3, 0.4) is 0 Å². The van der Waals surface area contributed by atoms with E-state index in [0.29, 0.717) is 19.3 Å². The summed E-state index contributed by atoms with van der Waals surface area (Å²) in [5.41, 5.74) is 0. The Bertz CT molecular complexity index is 263. The second-order valence-corrected chi connectivity index (χ2v) is 4.57. The molecule has 0 aliphatic carbocycles. The molecule has 0 aliphatic heterocycles. The molecule has 2 nitrogen and oxygen atoms in total. The van der Waals surface area contributed by atoms with Crippen molar-refractivity contribution in [3.05, 3.63) is 0 Å². The summed E-state index contributed by atoms with van der Waals surface area (Å²) in [5, 5.41) is 8.37. The second-order valence-electron chi connectivity index (χ2n) is 4.57. The maximum atomic E-state index is 12.5. The summed E-state index contributed by atoms with van der Waals surface area (Å²) in [7, 11) is 0. The minimum Gasteiger partial charge on any atom is -0.481 e. The highest BCUT2D eigenvalue weighted by Crippen LogP contribution is 2.39. The minimum absolute atomic E-state index is 0.109. The van der Waals surface area contributed by atoms with Crippen molar-refractivity contribution in [2.24, 2.45) is 0 Å². The smallest absolute Gasteiger partial charge is 0.453 e. The van der Waals surface area contributed by atoms with Gasteiger partial charge < -0.3 is 5.11 Å². The Morgan fingerprint density at radius 2 is 1.21 bits per heavy atom. The van der Waals surface area contributed by atoms with E-state index < -0.39 is 24.5 Å². The zero-order valence-corrected chi connectivity index (χ0v) is 10.6. The molecule has 0 atom stereocenters. The third-order valence-corrected chi connectivity index (χ3v) is 2.80. The quantitative estimate of drug-likeness (QED) is 0.464. The molecule has 0 aromatic rings. The van der Waals surface area contributed by atoms with Crippen LogP contribution in [0, 0.1) is 0 Å². The van der Waals surface area contributed by atoms with E-state index in [0.717, 1.165) is 19.3 Å². The SMILES string of the molecule is O=C(O)CCCCCCCCCC(F)(F)C(F)(F)F. The Labute approximate surface area is 109 Å². The van der Waals surface area contributed by atoms with Gasteiger partial charge in [-0.25, -0.2) is 0 Å². The van der Waals surface area contributed by atoms with Crippen LogP contribution >= 0.6 is 0 Å². The van der Waals surface area contributed by atoms with Crippen LogP contribution in [0.1, 0.15) is 57.8 Å². The Morgan fingerprint density at radius 3 is 1.63 bits per heavy atom. The van der Waals surface area contributed by atoms with Crippen molar-refractivity contribution >= 4 is 5.97 Å². The summed E-state index contributed by atoms with van der Waals surface area (Å²) in [5.74, 6) is -5.44. The Balaban J connectivity index is 3.44. The summed E-state index contributed by atoms with van der Waals surface area (Å²) < 4.78 is 60.4. The largest absolute Gasteiger partial charge is 0.481 e. The van der Waals surface area contributed by atoms with Crippen LogP contribution < -0.4 is 0 Å². The van der Waals surface area contributed by atoms with Gasteiger partial charge in [0.2, 0.25) is 0 Å². The maximum Gasteiger partial charge on any atom is 0.453 e. The highest BCUT2D eigenvalue weighted by atomic mass is 19.4. The Kier molecular flexibility index (Phi) is 7.94. The van der Waals surface area contributed by atoms with E-state index in [9.17, 15) is 26.7 Å². The predicted molar refractivity (Wildman–Crippen MR) is 60.2 cm³/mol. The molecular weight excluding hydrogens is 271 g/mol. The molecule has 0 spiro atoms. The lowest BCUT2D eigenvalue weighted by molar-refractivity contribution is -0.284. The number of carboxylic acids is 1. The van der Waals surface area contributed by atoms with Gasteiger partial charge in [-0.15, -0.1) is 0 Å². The highest BCUT2D eigenvalue weighted by Gasteiger charge is 2.56. The lowest BCUT2D eigenvalue weighted by Gasteiger charge is -2.19. The van der Waals surface area contributed by atoms with Crippen LogP contribution in [-0.4, -0.2) is 23.2 Å². The number of hydrogen-bond acceptors (Lipinski definition) is 1. The van der Waals surface area contributed by atoms with E-state index in [2.05, 4.69) is 0 Å². The third-order valence-electron chi connectivity index (χ3n) is 2.80. The summed E-state index contributed by atoms with van der Waals surface area (Å²) in [6, 6.07) is 0. The fourth-order valence-electron chi connectivity index (χ4n) is 1.65. The van der Waals surface area contributed by atoms with Crippen LogP contribution in [0.5, 0.6) is 0 Å². The Hall–Kier alpha value is -0.880. The van der Waals surface area contributed by atoms with Crippen molar-refractivity contribution in [3.8, 4) is 0 Å². The fraction of sp³-hybridized carbons (Fsp3) is 0.917. The van der Waals surface area contributed by atoms with E-state index in [-0.39, 0.29) is 12.8 Å². The minimum atomic E-state index is -5.45. The standard InChI is InChI=1S/C12H19F5O2/c13-11(14,12(15,16)17)9-7-5-3-1-2-4-6-8-10(18)19/h1-9H2,(H,18,19). The summed E-state index contributed by atoms with van der Waals surface area (Å²) in [6.07, 6.45) is -2.89. The molecule has 0 unspecified atom stereocenters. The molecule has 114 valence electrons. The molecule has 7 heteroatoms. The lowest BCUT2D eigenvalue weighted by Crippen LogP contribution is -2.36. The molecule has 0 saturated carbocycles. The van der Waals surface area contributed by atoms with Crippen LogP contribution in [0.15, 0.2) is 0 Å². The van der Waals surface area contributed by atoms with Gasteiger partial charge in [0.1, 0.15) is 0 Å². The molecule has 0 aliphatic rings. The maximum absolute atomic E-state index is 12.5. The van der Waals surface area contributed by atoms with Gasteiger partial charge in [0, 0.05) is 12.8 Å². The molecule has 0 rings (SSSR count). The van der Waals surface area contributed by atoms with Gasteiger partial charge in [-0.05, 0) is 12.8 Å². The summed E-state index contributed by atoms with van der Waals surface area (Å²) in [6.45, 7) is 0. The first-order valence-electron chi connectivity index (χ1n) is 6.33. The lowest BCUT2D eigenvalue weighted by atomic mass is 10.0. The molecule has 0 bridgehead atoms. The average molecular weight is 290 g/mol. The molecule has 19 heavy (non-hydrogen) atoms. The predicted octanol–water partition coefficient (Wildman–Crippen LogP) is 4.78. The van der Waals surface area contributed by atoms with Gasteiger partial charge in [-0.1, -0.05) is 32.1 Å². The molecule has 0 radical (unpaired) electrons. The van der Waals surface area contributed by atoms with Crippen molar-refractivity contribution in [2.45, 2.75) is 69.9 Å². The average Bonchev–Trinajstić information content (AvgIpc) is 2.24. The zero-order chi connectivity index (χ0) is 14.9. The van der Waals surface area contributed by atoms with Crippen molar-refractivity contribution < 1.29 is 31.9 Å². The number of halogens is 5. The van der Waals surface area contributed by atoms with E-state index in [4.69, 9.17) is 5.11 Å². The van der Waals surface area contributed by atoms with Gasteiger partial charge >= 0.3 is 18.1 Å². The number of alkyl halides is 5. The van der Waals surface area contributed by atoms with Crippen molar-refractivity contribution in [3.63, 3.8) is 0 Å². The van der Waals surface area contributed by atoms with Crippen LogP contribution in [0.4, 0.5) is 22.0 Å². The molecule has 0 saturated heterocycles. The first-order chi connectivity index (χ1) is 8.67. The van der Waals surface area contributed by atoms with Gasteiger partial charge in [0.25, 0.3) is 0 Å². The molecule has 0 fully saturated rings. The van der Waals surface area contributed by atoms with Crippen LogP contribution in [0.25, 0.3) is 0 Å². The number of aliphatic carboxylic acids is 1. The van der Waals surface area contributed by atoms with Gasteiger partial charge in [-0.2, -0.15) is 22.0 Å². The first kappa shape index (κ1) is 18.1. The highest BCUT2D eigenvalue weighted by molar-refractivity contribution is 5.66. The second kappa shape index (κ2) is 8.32. The molecule has 0 aromatic heterocycles. The third kappa shape index (κ3) is 8.77. The normalized spacial score (nSPS) is 12.7. The zero-order valence-electron chi connectivity index (χ0n) is 10.6. The number of rotatable bonds is 10. The van der Waals surface area contributed by atoms with Gasteiger partial charge in [-0.3, -0.25) is 4.79 Å². The van der Waals surface area contributed by atoms with E-state index in [1.807, 2.05) is 0 Å². The fourth-order valence-corrected chi connectivity index (χ4v) is 1.65. The van der Waals surface area contributed by atoms with E-state index in [1.165, 1.54) is 0 Å². The Morgan fingerprint density at radius 1 is 0.789 bits per heavy atom. The molecule has 0 heterocycles. The number of hydrogen-bond donors (Lipinski definition) is 1. The van der Waals surface area contributed by atoms with Crippen LogP contribution in [0.2, 0.25) is 0 Å². The van der Waals surface area contributed by atoms with Crippen molar-refractivity contribution in [2.75, 3.05) is 0 Å². The summed E-state index contributed by atoms with van der Waals surface area (Å²) in [4.78, 5) is 10.2. The van der Waals surface area contributed by atoms with Crippen molar-refractivity contribution in [1.82, 2.24) is 0 Å². The monoisotopic (exact) mass is 290 g/mol. The van der Waals surface area contributed by atoms with Crippen LogP contribution in [-0.2, 0) is 4.79 Å². The molecular formula is C12H19F5O2. The number of carbonyl (C=O) groups is 1. The van der Waals surface area contributed by atoms with Gasteiger partial charge in [0.15, 0.2) is 0 Å².